The van der Waals surface area contributed by atoms with Gasteiger partial charge in [0.1, 0.15) is 24.0 Å². The molecule has 0 aliphatic heterocycles. The summed E-state index contributed by atoms with van der Waals surface area (Å²) in [5.41, 5.74) is 1.63. The van der Waals surface area contributed by atoms with Crippen LogP contribution in [0.25, 0.3) is 21.8 Å². The molecule has 4 rings (SSSR count). The van der Waals surface area contributed by atoms with Crippen molar-refractivity contribution in [2.45, 2.75) is 19.9 Å². The summed E-state index contributed by atoms with van der Waals surface area (Å²) in [6.45, 7) is 1.73. The predicted molar refractivity (Wildman–Crippen MR) is 106 cm³/mol. The number of hydrogen-bond donors (Lipinski definition) is 2. The first-order valence-corrected chi connectivity index (χ1v) is 9.11. The molecule has 2 N–H and O–H groups in total. The highest BCUT2D eigenvalue weighted by molar-refractivity contribution is 5.83. The largest absolute Gasteiger partial charge is 0.361 e. The van der Waals surface area contributed by atoms with Gasteiger partial charge in [0.15, 0.2) is 0 Å². The van der Waals surface area contributed by atoms with Gasteiger partial charge in [0.2, 0.25) is 5.91 Å². The van der Waals surface area contributed by atoms with Crippen LogP contribution in [-0.4, -0.2) is 27.0 Å². The zero-order valence-electron chi connectivity index (χ0n) is 15.6. The van der Waals surface area contributed by atoms with Crippen molar-refractivity contribution in [3.8, 4) is 0 Å². The number of rotatable bonds is 5. The van der Waals surface area contributed by atoms with Crippen molar-refractivity contribution in [2.75, 3.05) is 6.54 Å². The Hall–Kier alpha value is -3.55. The molecule has 29 heavy (non-hydrogen) atoms. The number of hydrogen-bond acceptors (Lipinski definition) is 3. The summed E-state index contributed by atoms with van der Waals surface area (Å²) in [5.74, 6) is -0.848. The standard InChI is InChI=1S/C21H18F2N4O2/c1-12-26-19-5-3-15(23)9-17(19)21(29)27(12)11-20(28)24-7-6-13-10-25-18-4-2-14(22)8-16(13)18/h2-5,8-10,25H,6-7,11H2,1H3,(H,24,28). The number of aryl methyl sites for hydroxylation is 1. The van der Waals surface area contributed by atoms with Crippen LogP contribution in [-0.2, 0) is 17.8 Å². The summed E-state index contributed by atoms with van der Waals surface area (Å²) in [7, 11) is 0. The Labute approximate surface area is 164 Å². The van der Waals surface area contributed by atoms with Crippen LogP contribution in [0.2, 0.25) is 0 Å². The summed E-state index contributed by atoms with van der Waals surface area (Å²) in [6, 6.07) is 8.29. The maximum absolute atomic E-state index is 13.5. The van der Waals surface area contributed by atoms with Crippen LogP contribution in [0.5, 0.6) is 0 Å². The molecule has 0 aliphatic carbocycles. The van der Waals surface area contributed by atoms with E-state index in [4.69, 9.17) is 0 Å². The highest BCUT2D eigenvalue weighted by Crippen LogP contribution is 2.19. The van der Waals surface area contributed by atoms with E-state index < -0.39 is 11.4 Å². The molecule has 6 nitrogen and oxygen atoms in total. The molecule has 2 heterocycles. The molecule has 8 heteroatoms. The first-order valence-electron chi connectivity index (χ1n) is 9.11. The number of nitrogens with zero attached hydrogens (tertiary/aromatic N) is 2. The average molecular weight is 396 g/mol. The van der Waals surface area contributed by atoms with E-state index in [9.17, 15) is 18.4 Å². The normalized spacial score (nSPS) is 11.3. The Morgan fingerprint density at radius 2 is 1.86 bits per heavy atom. The monoisotopic (exact) mass is 396 g/mol. The Morgan fingerprint density at radius 3 is 2.66 bits per heavy atom. The zero-order chi connectivity index (χ0) is 20.5. The van der Waals surface area contributed by atoms with Crippen LogP contribution in [0.15, 0.2) is 47.4 Å². The van der Waals surface area contributed by atoms with Crippen LogP contribution in [0.1, 0.15) is 11.4 Å². The maximum Gasteiger partial charge on any atom is 0.261 e. The van der Waals surface area contributed by atoms with Gasteiger partial charge in [-0.15, -0.1) is 0 Å². The summed E-state index contributed by atoms with van der Waals surface area (Å²) in [6.07, 6.45) is 2.29. The van der Waals surface area contributed by atoms with Crippen molar-refractivity contribution in [3.05, 3.63) is 76.0 Å². The number of carbonyl (C=O) groups excluding carboxylic acids is 1. The Kier molecular flexibility index (Phi) is 4.84. The molecule has 2 aromatic carbocycles. The van der Waals surface area contributed by atoms with Gasteiger partial charge in [-0.1, -0.05) is 0 Å². The van der Waals surface area contributed by atoms with Crippen LogP contribution < -0.4 is 10.9 Å². The maximum atomic E-state index is 13.5. The second-order valence-corrected chi connectivity index (χ2v) is 6.82. The summed E-state index contributed by atoms with van der Waals surface area (Å²) in [5, 5.41) is 3.65. The number of carbonyl (C=O) groups is 1. The van der Waals surface area contributed by atoms with Crippen molar-refractivity contribution < 1.29 is 13.6 Å². The molecular formula is C21H18F2N4O2. The molecule has 0 saturated carbocycles. The topological polar surface area (TPSA) is 79.8 Å². The quantitative estimate of drug-likeness (QED) is 0.544. The lowest BCUT2D eigenvalue weighted by Gasteiger charge is -2.11. The van der Waals surface area contributed by atoms with E-state index in [-0.39, 0.29) is 23.7 Å². The molecule has 0 fully saturated rings. The second-order valence-electron chi connectivity index (χ2n) is 6.82. The zero-order valence-corrected chi connectivity index (χ0v) is 15.6. The smallest absolute Gasteiger partial charge is 0.261 e. The van der Waals surface area contributed by atoms with E-state index in [1.807, 2.05) is 0 Å². The molecule has 0 atom stereocenters. The molecule has 0 radical (unpaired) electrons. The number of aromatic nitrogens is 3. The average Bonchev–Trinajstić information content (AvgIpc) is 3.08. The van der Waals surface area contributed by atoms with Crippen molar-refractivity contribution in [2.24, 2.45) is 0 Å². The van der Waals surface area contributed by atoms with Gasteiger partial charge in [-0.25, -0.2) is 13.8 Å². The Balaban J connectivity index is 1.46. The fourth-order valence-corrected chi connectivity index (χ4v) is 3.38. The SMILES string of the molecule is Cc1nc2ccc(F)cc2c(=O)n1CC(=O)NCCc1c[nH]c2ccc(F)cc12. The van der Waals surface area contributed by atoms with Crippen molar-refractivity contribution >= 4 is 27.7 Å². The van der Waals surface area contributed by atoms with Gasteiger partial charge in [0, 0.05) is 23.6 Å². The summed E-state index contributed by atoms with van der Waals surface area (Å²) >= 11 is 0. The third-order valence-corrected chi connectivity index (χ3v) is 4.85. The van der Waals surface area contributed by atoms with Gasteiger partial charge in [-0.3, -0.25) is 14.2 Å². The van der Waals surface area contributed by atoms with Crippen LogP contribution in [0, 0.1) is 18.6 Å². The molecule has 0 saturated heterocycles. The summed E-state index contributed by atoms with van der Waals surface area (Å²) in [4.78, 5) is 32.3. The minimum atomic E-state index is -0.536. The van der Waals surface area contributed by atoms with Crippen molar-refractivity contribution in [1.82, 2.24) is 19.9 Å². The molecule has 0 aliphatic rings. The van der Waals surface area contributed by atoms with E-state index >= 15 is 0 Å². The van der Waals surface area contributed by atoms with Gasteiger partial charge in [-0.05, 0) is 55.3 Å². The number of nitrogens with one attached hydrogen (secondary N) is 2. The van der Waals surface area contributed by atoms with E-state index in [1.54, 1.807) is 19.2 Å². The molecule has 1 amide bonds. The van der Waals surface area contributed by atoms with Gasteiger partial charge in [0.05, 0.1) is 10.9 Å². The lowest BCUT2D eigenvalue weighted by molar-refractivity contribution is -0.121. The first kappa shape index (κ1) is 18.8. The highest BCUT2D eigenvalue weighted by atomic mass is 19.1. The lowest BCUT2D eigenvalue weighted by atomic mass is 10.1. The van der Waals surface area contributed by atoms with Crippen molar-refractivity contribution in [3.63, 3.8) is 0 Å². The van der Waals surface area contributed by atoms with E-state index in [0.29, 0.717) is 24.3 Å². The first-order chi connectivity index (χ1) is 13.9. The van der Waals surface area contributed by atoms with Crippen molar-refractivity contribution in [1.29, 1.82) is 0 Å². The third kappa shape index (κ3) is 3.73. The summed E-state index contributed by atoms with van der Waals surface area (Å²) < 4.78 is 28.1. The van der Waals surface area contributed by atoms with Gasteiger partial charge < -0.3 is 10.3 Å². The molecule has 4 aromatic rings. The molecule has 148 valence electrons. The van der Waals surface area contributed by atoms with Gasteiger partial charge in [-0.2, -0.15) is 0 Å². The molecule has 0 spiro atoms. The number of amides is 1. The van der Waals surface area contributed by atoms with Crippen LogP contribution >= 0.6 is 0 Å². The minimum absolute atomic E-state index is 0.129. The number of halogens is 2. The predicted octanol–water partition coefficient (Wildman–Crippen LogP) is 2.82. The third-order valence-electron chi connectivity index (χ3n) is 4.85. The van der Waals surface area contributed by atoms with E-state index in [1.165, 1.54) is 28.8 Å². The minimum Gasteiger partial charge on any atom is -0.361 e. The highest BCUT2D eigenvalue weighted by Gasteiger charge is 2.12. The number of aromatic amines is 1. The molecule has 0 bridgehead atoms. The number of H-pyrrole nitrogens is 1. The van der Waals surface area contributed by atoms with Gasteiger partial charge in [0.25, 0.3) is 5.56 Å². The van der Waals surface area contributed by atoms with Crippen LogP contribution in [0.4, 0.5) is 8.78 Å². The fourth-order valence-electron chi connectivity index (χ4n) is 3.38. The van der Waals surface area contributed by atoms with Crippen LogP contribution in [0.3, 0.4) is 0 Å². The number of benzene rings is 2. The molecule has 2 aromatic heterocycles. The Bertz CT molecular complexity index is 1290. The number of fused-ring (bicyclic) bond motifs is 2. The van der Waals surface area contributed by atoms with E-state index in [0.717, 1.165) is 22.5 Å². The molecule has 0 unspecified atom stereocenters. The molecular weight excluding hydrogens is 378 g/mol. The van der Waals surface area contributed by atoms with Gasteiger partial charge >= 0.3 is 0 Å². The Morgan fingerprint density at radius 1 is 1.14 bits per heavy atom. The lowest BCUT2D eigenvalue weighted by Crippen LogP contribution is -2.34. The van der Waals surface area contributed by atoms with E-state index in [2.05, 4.69) is 15.3 Å². The second kappa shape index (κ2) is 7.46. The fraction of sp³-hybridized carbons (Fsp3) is 0.190.